The monoisotopic (exact) mass is 322 g/mol. The van der Waals surface area contributed by atoms with Gasteiger partial charge in [-0.2, -0.15) is 5.26 Å². The van der Waals surface area contributed by atoms with Crippen LogP contribution in [0.1, 0.15) is 17.0 Å². The molecule has 1 unspecified atom stereocenters. The summed E-state index contributed by atoms with van der Waals surface area (Å²) in [6.07, 6.45) is 1.44. The van der Waals surface area contributed by atoms with Crippen LogP contribution in [0.25, 0.3) is 0 Å². The van der Waals surface area contributed by atoms with Gasteiger partial charge in [0.2, 0.25) is 0 Å². The van der Waals surface area contributed by atoms with Crippen molar-refractivity contribution in [3.05, 3.63) is 53.7 Å². The summed E-state index contributed by atoms with van der Waals surface area (Å²) < 4.78 is 0. The van der Waals surface area contributed by atoms with Gasteiger partial charge in [-0.3, -0.25) is 5.32 Å². The van der Waals surface area contributed by atoms with Gasteiger partial charge in [0.05, 0.1) is 5.56 Å². The first-order chi connectivity index (χ1) is 11.3. The second-order valence-corrected chi connectivity index (χ2v) is 6.77. The molecule has 2 N–H and O–H groups in total. The highest BCUT2D eigenvalue weighted by atomic mass is 32.2. The van der Waals surface area contributed by atoms with Crippen LogP contribution in [0.5, 0.6) is 0 Å². The third-order valence-electron chi connectivity index (χ3n) is 4.31. The Morgan fingerprint density at radius 3 is 2.96 bits per heavy atom. The van der Waals surface area contributed by atoms with Crippen LogP contribution in [0, 0.1) is 17.2 Å². The third kappa shape index (κ3) is 2.64. The maximum Gasteiger partial charge on any atom is 0.320 e. The number of thioether (sulfide) groups is 1. The molecule has 6 heteroatoms. The molecular formula is C17H14N4OS. The van der Waals surface area contributed by atoms with Crippen molar-refractivity contribution in [3.8, 4) is 6.07 Å². The molecule has 0 saturated heterocycles. The number of benzene rings is 1. The van der Waals surface area contributed by atoms with Gasteiger partial charge in [0.25, 0.3) is 0 Å². The van der Waals surface area contributed by atoms with E-state index < -0.39 is 0 Å². The number of nitriles is 1. The lowest BCUT2D eigenvalue weighted by molar-refractivity contribution is 0.251. The van der Waals surface area contributed by atoms with Crippen LogP contribution in [0.15, 0.2) is 47.5 Å². The normalized spacial score (nSPS) is 23.9. The number of nitrogens with zero attached hydrogens (tertiary/aromatic N) is 2. The summed E-state index contributed by atoms with van der Waals surface area (Å²) in [6.45, 7) is 0. The maximum atomic E-state index is 12.1. The van der Waals surface area contributed by atoms with Crippen molar-refractivity contribution in [2.45, 2.75) is 16.9 Å². The van der Waals surface area contributed by atoms with Crippen LogP contribution in [0.3, 0.4) is 0 Å². The second-order valence-electron chi connectivity index (χ2n) is 5.71. The molecule has 1 saturated carbocycles. The number of anilines is 1. The van der Waals surface area contributed by atoms with Gasteiger partial charge < -0.3 is 5.32 Å². The molecule has 4 rings (SSSR count). The number of carbonyl (C=O) groups excluding carboxylic acids is 1. The number of rotatable bonds is 2. The number of pyridine rings is 1. The van der Waals surface area contributed by atoms with E-state index in [9.17, 15) is 4.79 Å². The van der Waals surface area contributed by atoms with Crippen molar-refractivity contribution < 1.29 is 4.79 Å². The summed E-state index contributed by atoms with van der Waals surface area (Å²) >= 11 is 1.86. The molecule has 0 radical (unpaired) electrons. The van der Waals surface area contributed by atoms with Gasteiger partial charge in [-0.1, -0.05) is 18.2 Å². The average Bonchev–Trinajstić information content (AvgIpc) is 3.29. The zero-order chi connectivity index (χ0) is 15.8. The predicted molar refractivity (Wildman–Crippen MR) is 88.3 cm³/mol. The summed E-state index contributed by atoms with van der Waals surface area (Å²) in [4.78, 5) is 17.5. The fourth-order valence-corrected chi connectivity index (χ4v) is 4.45. The van der Waals surface area contributed by atoms with Crippen LogP contribution < -0.4 is 10.6 Å². The minimum atomic E-state index is -0.246. The highest BCUT2D eigenvalue weighted by Gasteiger charge is 2.54. The summed E-state index contributed by atoms with van der Waals surface area (Å²) in [5, 5.41) is 14.5. The molecule has 0 spiro atoms. The van der Waals surface area contributed by atoms with Gasteiger partial charge in [0.1, 0.15) is 11.9 Å². The maximum absolute atomic E-state index is 12.1. The van der Waals surface area contributed by atoms with Crippen molar-refractivity contribution >= 4 is 23.6 Å². The van der Waals surface area contributed by atoms with E-state index in [0.717, 1.165) is 5.75 Å². The Balaban J connectivity index is 1.40. The van der Waals surface area contributed by atoms with Crippen molar-refractivity contribution in [1.29, 1.82) is 5.26 Å². The zero-order valence-electron chi connectivity index (χ0n) is 12.2. The van der Waals surface area contributed by atoms with E-state index in [1.54, 1.807) is 12.1 Å². The van der Waals surface area contributed by atoms with Crippen molar-refractivity contribution in [3.63, 3.8) is 0 Å². The molecule has 2 heterocycles. The summed E-state index contributed by atoms with van der Waals surface area (Å²) in [5.41, 5.74) is 1.81. The molecule has 1 aromatic heterocycles. The van der Waals surface area contributed by atoms with Gasteiger partial charge in [-0.15, -0.1) is 11.8 Å². The number of fused-ring (bicyclic) bond motifs is 3. The molecule has 23 heavy (non-hydrogen) atoms. The minimum Gasteiger partial charge on any atom is -0.334 e. The van der Waals surface area contributed by atoms with Crippen LogP contribution >= 0.6 is 11.8 Å². The van der Waals surface area contributed by atoms with Crippen LogP contribution in [0.4, 0.5) is 10.6 Å². The number of nitrogens with one attached hydrogen (secondary N) is 2. The number of carbonyl (C=O) groups is 1. The lowest BCUT2D eigenvalue weighted by Gasteiger charge is -2.12. The first-order valence-electron chi connectivity index (χ1n) is 7.41. The van der Waals surface area contributed by atoms with Gasteiger partial charge in [0, 0.05) is 28.8 Å². The van der Waals surface area contributed by atoms with Crippen LogP contribution in [-0.2, 0) is 0 Å². The third-order valence-corrected chi connectivity index (χ3v) is 5.54. The Labute approximate surface area is 138 Å². The Kier molecular flexibility index (Phi) is 3.43. The average molecular weight is 322 g/mol. The van der Waals surface area contributed by atoms with Gasteiger partial charge in [0.15, 0.2) is 0 Å². The van der Waals surface area contributed by atoms with Crippen molar-refractivity contribution in [2.75, 3.05) is 11.1 Å². The van der Waals surface area contributed by atoms with Gasteiger partial charge >= 0.3 is 6.03 Å². The number of hydrogen-bond acceptors (Lipinski definition) is 4. The Morgan fingerprint density at radius 1 is 1.30 bits per heavy atom. The van der Waals surface area contributed by atoms with E-state index in [0.29, 0.717) is 23.2 Å². The van der Waals surface area contributed by atoms with Gasteiger partial charge in [-0.05, 0) is 29.7 Å². The van der Waals surface area contributed by atoms with Gasteiger partial charge in [-0.25, -0.2) is 9.78 Å². The molecular weight excluding hydrogens is 308 g/mol. The molecule has 0 bridgehead atoms. The molecule has 2 aromatic rings. The van der Waals surface area contributed by atoms with Crippen molar-refractivity contribution in [1.82, 2.24) is 10.3 Å². The molecule has 1 aromatic carbocycles. The summed E-state index contributed by atoms with van der Waals surface area (Å²) in [7, 11) is 0. The van der Waals surface area contributed by atoms with Crippen LogP contribution in [-0.4, -0.2) is 22.8 Å². The number of aromatic nitrogens is 1. The first-order valence-corrected chi connectivity index (χ1v) is 8.40. The van der Waals surface area contributed by atoms with E-state index in [1.165, 1.54) is 16.7 Å². The van der Waals surface area contributed by atoms with E-state index in [1.807, 2.05) is 17.8 Å². The molecule has 1 fully saturated rings. The minimum absolute atomic E-state index is 0.185. The zero-order valence-corrected chi connectivity index (χ0v) is 13.0. The van der Waals surface area contributed by atoms with E-state index in [-0.39, 0.29) is 12.1 Å². The molecule has 1 aliphatic heterocycles. The van der Waals surface area contributed by atoms with E-state index in [4.69, 9.17) is 5.26 Å². The topological polar surface area (TPSA) is 77.8 Å². The molecule has 2 amide bonds. The number of urea groups is 1. The van der Waals surface area contributed by atoms with E-state index in [2.05, 4.69) is 39.9 Å². The summed E-state index contributed by atoms with van der Waals surface area (Å²) in [5.74, 6) is 2.42. The highest BCUT2D eigenvalue weighted by Crippen LogP contribution is 2.56. The summed E-state index contributed by atoms with van der Waals surface area (Å²) in [6, 6.07) is 13.6. The number of amides is 2. The smallest absolute Gasteiger partial charge is 0.320 e. The lowest BCUT2D eigenvalue weighted by atomic mass is 10.1. The SMILES string of the molecule is N#Cc1ccc(NC(=O)NC2[C@H]3CSc4ccccc4[C@@H]23)nc1. The quantitative estimate of drug-likeness (QED) is 0.891. The Bertz CT molecular complexity index is 799. The molecule has 5 nitrogen and oxygen atoms in total. The predicted octanol–water partition coefficient (Wildman–Crippen LogP) is 2.96. The first kappa shape index (κ1) is 14.1. The standard InChI is InChI=1S/C17H14N4OS/c18-7-10-5-6-14(19-8-10)20-17(22)21-16-12-9-23-13-4-2-1-3-11(13)15(12)16/h1-6,8,12,15-16H,9H2,(H2,19,20,21,22)/t12-,15+,16?/m0/s1. The number of hydrogen-bond donors (Lipinski definition) is 2. The van der Waals surface area contributed by atoms with Crippen LogP contribution in [0.2, 0.25) is 0 Å². The molecule has 2 aliphatic rings. The highest BCUT2D eigenvalue weighted by molar-refractivity contribution is 7.99. The molecule has 3 atom stereocenters. The largest absolute Gasteiger partial charge is 0.334 e. The van der Waals surface area contributed by atoms with Crippen molar-refractivity contribution in [2.24, 2.45) is 5.92 Å². The lowest BCUT2D eigenvalue weighted by Crippen LogP contribution is -2.32. The van der Waals surface area contributed by atoms with E-state index >= 15 is 0 Å². The second kappa shape index (κ2) is 5.60. The Hall–Kier alpha value is -2.52. The Morgan fingerprint density at radius 2 is 2.17 bits per heavy atom. The fourth-order valence-electron chi connectivity index (χ4n) is 3.11. The molecule has 1 aliphatic carbocycles. The fraction of sp³-hybridized carbons (Fsp3) is 0.235. The molecule has 114 valence electrons.